The summed E-state index contributed by atoms with van der Waals surface area (Å²) in [6.07, 6.45) is -3.27. The Morgan fingerprint density at radius 3 is 2.50 bits per heavy atom. The molecule has 1 saturated carbocycles. The molecule has 0 atom stereocenters. The van der Waals surface area contributed by atoms with Gasteiger partial charge in [-0.15, -0.1) is 0 Å². The number of amides is 1. The van der Waals surface area contributed by atoms with Gasteiger partial charge in [-0.25, -0.2) is 4.39 Å². The maximum absolute atomic E-state index is 15.0. The first kappa shape index (κ1) is 21.0. The average Bonchev–Trinajstić information content (AvgIpc) is 3.46. The highest BCUT2D eigenvalue weighted by atomic mass is 32.1. The standard InChI is InChI=1S/C20H18F4N4O3S/c1-19(26(2)18(31)20(22,23)24)7-27(8-19)13-6-12-10(5-11(13)21)15(29)14-16(30)25-32-17(14)28(12)9-3-4-9/h5-6,9H,3-4,7-8H2,1-2H3,(H,25,30). The van der Waals surface area contributed by atoms with Gasteiger partial charge in [-0.05, 0) is 43.4 Å². The summed E-state index contributed by atoms with van der Waals surface area (Å²) in [7, 11) is 1.08. The van der Waals surface area contributed by atoms with Crippen molar-refractivity contribution in [3.05, 3.63) is 38.5 Å². The predicted octanol–water partition coefficient (Wildman–Crippen LogP) is 2.98. The Hall–Kier alpha value is -2.89. The first-order valence-electron chi connectivity index (χ1n) is 9.91. The monoisotopic (exact) mass is 470 g/mol. The fourth-order valence-corrected chi connectivity index (χ4v) is 5.30. The van der Waals surface area contributed by atoms with E-state index in [9.17, 15) is 27.6 Å². The second kappa shape index (κ2) is 6.56. The number of carbonyl (C=O) groups is 1. The first-order valence-corrected chi connectivity index (χ1v) is 10.7. The Balaban J connectivity index is 1.57. The molecule has 1 amide bonds. The molecule has 0 radical (unpaired) electrons. The van der Waals surface area contributed by atoms with E-state index in [1.807, 2.05) is 4.57 Å². The summed E-state index contributed by atoms with van der Waals surface area (Å²) >= 11 is 1.05. The van der Waals surface area contributed by atoms with E-state index in [4.69, 9.17) is 0 Å². The summed E-state index contributed by atoms with van der Waals surface area (Å²) in [6.45, 7) is 1.51. The molecule has 3 heterocycles. The van der Waals surface area contributed by atoms with Gasteiger partial charge in [0.15, 0.2) is 0 Å². The minimum atomic E-state index is -4.99. The van der Waals surface area contributed by atoms with E-state index < -0.39 is 34.4 Å². The van der Waals surface area contributed by atoms with Gasteiger partial charge in [0.2, 0.25) is 5.43 Å². The average molecular weight is 470 g/mol. The van der Waals surface area contributed by atoms with Crippen LogP contribution in [-0.2, 0) is 4.79 Å². The topological polar surface area (TPSA) is 78.4 Å². The Labute approximate surface area is 182 Å². The minimum absolute atomic E-state index is 0.00113. The number of rotatable bonds is 3. The van der Waals surface area contributed by atoms with Gasteiger partial charge in [-0.2, -0.15) is 13.2 Å². The van der Waals surface area contributed by atoms with Crippen LogP contribution in [0.25, 0.3) is 21.1 Å². The lowest BCUT2D eigenvalue weighted by Gasteiger charge is -2.53. The number of aromatic nitrogens is 2. The van der Waals surface area contributed by atoms with E-state index in [1.165, 1.54) is 13.0 Å². The molecule has 0 unspecified atom stereocenters. The van der Waals surface area contributed by atoms with E-state index in [1.54, 1.807) is 4.90 Å². The van der Waals surface area contributed by atoms with Gasteiger partial charge in [-0.3, -0.25) is 18.8 Å². The number of carbonyl (C=O) groups excluding carboxylic acids is 1. The number of nitrogens with one attached hydrogen (secondary N) is 1. The van der Waals surface area contributed by atoms with Gasteiger partial charge in [0, 0.05) is 31.6 Å². The molecule has 170 valence electrons. The number of likely N-dealkylation sites (N-methyl/N-ethyl adjacent to an activating group) is 1. The molecular formula is C20H18F4N4O3S. The number of alkyl halides is 3. The van der Waals surface area contributed by atoms with E-state index in [0.717, 1.165) is 37.5 Å². The number of halogens is 4. The fraction of sp³-hybridized carbons (Fsp3) is 0.450. The lowest BCUT2D eigenvalue weighted by molar-refractivity contribution is -0.190. The van der Waals surface area contributed by atoms with Crippen LogP contribution >= 0.6 is 11.5 Å². The minimum Gasteiger partial charge on any atom is -0.364 e. The molecule has 0 bridgehead atoms. The number of H-pyrrole nitrogens is 1. The van der Waals surface area contributed by atoms with Crippen molar-refractivity contribution in [2.75, 3.05) is 25.0 Å². The third-order valence-electron chi connectivity index (χ3n) is 6.37. The smallest absolute Gasteiger partial charge is 0.364 e. The van der Waals surface area contributed by atoms with Crippen molar-refractivity contribution in [1.82, 2.24) is 13.8 Å². The van der Waals surface area contributed by atoms with Crippen molar-refractivity contribution in [2.45, 2.75) is 37.5 Å². The molecular weight excluding hydrogens is 452 g/mol. The van der Waals surface area contributed by atoms with Crippen molar-refractivity contribution in [1.29, 1.82) is 0 Å². The summed E-state index contributed by atoms with van der Waals surface area (Å²) in [5.41, 5.74) is -1.56. The molecule has 0 spiro atoms. The molecule has 32 heavy (non-hydrogen) atoms. The summed E-state index contributed by atoms with van der Waals surface area (Å²) in [4.78, 5) is 39.3. The number of aromatic amines is 1. The Kier molecular flexibility index (Phi) is 4.30. The number of nitrogens with zero attached hydrogens (tertiary/aromatic N) is 3. The summed E-state index contributed by atoms with van der Waals surface area (Å²) < 4.78 is 57.9. The molecule has 1 aliphatic heterocycles. The highest BCUT2D eigenvalue weighted by Crippen LogP contribution is 2.42. The van der Waals surface area contributed by atoms with Gasteiger partial charge in [0.1, 0.15) is 16.0 Å². The molecule has 2 aromatic heterocycles. The zero-order valence-electron chi connectivity index (χ0n) is 17.0. The normalized spacial score (nSPS) is 18.2. The van der Waals surface area contributed by atoms with E-state index >= 15 is 4.39 Å². The van der Waals surface area contributed by atoms with Crippen molar-refractivity contribution < 1.29 is 22.4 Å². The molecule has 7 nitrogen and oxygen atoms in total. The second-order valence-electron chi connectivity index (χ2n) is 8.68. The number of hydrogen-bond donors (Lipinski definition) is 1. The van der Waals surface area contributed by atoms with Crippen LogP contribution in [0.15, 0.2) is 21.7 Å². The maximum atomic E-state index is 15.0. The second-order valence-corrected chi connectivity index (χ2v) is 9.47. The van der Waals surface area contributed by atoms with Gasteiger partial charge in [0.25, 0.3) is 5.56 Å². The highest BCUT2D eigenvalue weighted by molar-refractivity contribution is 7.12. The zero-order valence-corrected chi connectivity index (χ0v) is 17.9. The third kappa shape index (κ3) is 2.95. The van der Waals surface area contributed by atoms with E-state index in [2.05, 4.69) is 4.37 Å². The number of fused-ring (bicyclic) bond motifs is 2. The summed E-state index contributed by atoms with van der Waals surface area (Å²) in [6, 6.07) is 2.68. The largest absolute Gasteiger partial charge is 0.471 e. The van der Waals surface area contributed by atoms with Gasteiger partial charge >= 0.3 is 12.1 Å². The Morgan fingerprint density at radius 2 is 1.91 bits per heavy atom. The van der Waals surface area contributed by atoms with Crippen molar-refractivity contribution >= 4 is 44.2 Å². The van der Waals surface area contributed by atoms with Crippen LogP contribution in [0.3, 0.4) is 0 Å². The van der Waals surface area contributed by atoms with Crippen LogP contribution < -0.4 is 15.9 Å². The van der Waals surface area contributed by atoms with Crippen LogP contribution in [0.2, 0.25) is 0 Å². The molecule has 1 aromatic carbocycles. The SMILES string of the molecule is CN(C(=O)C(F)(F)F)C1(C)CN(c2cc3c(cc2F)c(=O)c2c(=O)[nH]sc2n3C2CC2)C1. The van der Waals surface area contributed by atoms with Crippen LogP contribution in [-0.4, -0.2) is 51.6 Å². The lowest BCUT2D eigenvalue weighted by atomic mass is 9.89. The van der Waals surface area contributed by atoms with Crippen molar-refractivity contribution in [2.24, 2.45) is 0 Å². The van der Waals surface area contributed by atoms with E-state index in [-0.39, 0.29) is 35.6 Å². The van der Waals surface area contributed by atoms with Crippen LogP contribution in [0.1, 0.15) is 25.8 Å². The Bertz CT molecular complexity index is 1400. The van der Waals surface area contributed by atoms with Crippen molar-refractivity contribution in [3.63, 3.8) is 0 Å². The van der Waals surface area contributed by atoms with Gasteiger partial charge < -0.3 is 14.4 Å². The maximum Gasteiger partial charge on any atom is 0.471 e. The van der Waals surface area contributed by atoms with Crippen molar-refractivity contribution in [3.8, 4) is 0 Å². The molecule has 3 aromatic rings. The summed E-state index contributed by atoms with van der Waals surface area (Å²) in [5.74, 6) is -2.67. The predicted molar refractivity (Wildman–Crippen MR) is 112 cm³/mol. The Morgan fingerprint density at radius 1 is 1.25 bits per heavy atom. The number of anilines is 1. The lowest BCUT2D eigenvalue weighted by Crippen LogP contribution is -2.70. The molecule has 2 fully saturated rings. The number of pyridine rings is 1. The number of hydrogen-bond acceptors (Lipinski definition) is 5. The zero-order chi connectivity index (χ0) is 23.2. The van der Waals surface area contributed by atoms with Gasteiger partial charge in [0.05, 0.1) is 16.7 Å². The third-order valence-corrected chi connectivity index (χ3v) is 7.25. The highest BCUT2D eigenvalue weighted by Gasteiger charge is 2.51. The van der Waals surface area contributed by atoms with Crippen LogP contribution in [0.4, 0.5) is 23.2 Å². The van der Waals surface area contributed by atoms with Crippen LogP contribution in [0.5, 0.6) is 0 Å². The summed E-state index contributed by atoms with van der Waals surface area (Å²) in [5, 5.41) is 0.0903. The van der Waals surface area contributed by atoms with E-state index in [0.29, 0.717) is 15.2 Å². The quantitative estimate of drug-likeness (QED) is 0.597. The van der Waals surface area contributed by atoms with Crippen LogP contribution in [0, 0.1) is 5.82 Å². The molecule has 1 N–H and O–H groups in total. The van der Waals surface area contributed by atoms with Gasteiger partial charge in [-0.1, -0.05) is 0 Å². The number of benzene rings is 1. The molecule has 1 saturated heterocycles. The molecule has 5 rings (SSSR count). The molecule has 2 aliphatic rings. The molecule has 1 aliphatic carbocycles. The molecule has 12 heteroatoms. The fourth-order valence-electron chi connectivity index (χ4n) is 4.37. The first-order chi connectivity index (χ1) is 14.9.